The van der Waals surface area contributed by atoms with Crippen LogP contribution in [-0.4, -0.2) is 29.2 Å². The molecule has 5 nitrogen and oxygen atoms in total. The van der Waals surface area contributed by atoms with Gasteiger partial charge in [0.25, 0.3) is 0 Å². The van der Waals surface area contributed by atoms with E-state index in [9.17, 15) is 9.59 Å². The summed E-state index contributed by atoms with van der Waals surface area (Å²) in [6.07, 6.45) is 0. The van der Waals surface area contributed by atoms with Gasteiger partial charge in [0.05, 0.1) is 0 Å². The van der Waals surface area contributed by atoms with Gasteiger partial charge in [0.15, 0.2) is 0 Å². The van der Waals surface area contributed by atoms with Gasteiger partial charge in [-0.25, -0.2) is 4.79 Å². The molecule has 0 aromatic carbocycles. The van der Waals surface area contributed by atoms with Gasteiger partial charge in [-0.05, 0) is 0 Å². The monoisotopic (exact) mass is 161 g/mol. The molecule has 0 aromatic rings. The summed E-state index contributed by atoms with van der Waals surface area (Å²) in [5, 5.41) is 17.1. The van der Waals surface area contributed by atoms with Gasteiger partial charge in [0.2, 0.25) is 5.91 Å². The van der Waals surface area contributed by atoms with E-state index in [-0.39, 0.29) is 5.70 Å². The van der Waals surface area contributed by atoms with Crippen molar-refractivity contribution in [1.29, 1.82) is 0 Å². The lowest BCUT2D eigenvalue weighted by atomic mass is 10.5. The minimum atomic E-state index is -1.22. The molecule has 1 amide bonds. The van der Waals surface area contributed by atoms with Crippen LogP contribution in [0, 0.1) is 0 Å². The topological polar surface area (TPSA) is 86.6 Å². The molecule has 0 heterocycles. The van der Waals surface area contributed by atoms with Crippen LogP contribution in [0.25, 0.3) is 0 Å². The third-order valence-electron chi connectivity index (χ3n) is 0.585. The number of carbonyl (C=O) groups is 2. The van der Waals surface area contributed by atoms with E-state index in [1.807, 2.05) is 5.32 Å². The highest BCUT2D eigenvalue weighted by Gasteiger charge is 2.02. The molecule has 0 fully saturated rings. The minimum Gasteiger partial charge on any atom is -0.477 e. The van der Waals surface area contributed by atoms with E-state index in [1.54, 1.807) is 0 Å². The molecule has 5 heteroatoms. The molecular formula is C6H11NO4. The van der Waals surface area contributed by atoms with Crippen LogP contribution >= 0.6 is 0 Å². The zero-order chi connectivity index (χ0) is 9.44. The van der Waals surface area contributed by atoms with E-state index in [4.69, 9.17) is 10.2 Å². The molecule has 0 aliphatic carbocycles. The van der Waals surface area contributed by atoms with Crippen LogP contribution in [-0.2, 0) is 9.59 Å². The molecule has 0 aliphatic rings. The molecule has 11 heavy (non-hydrogen) atoms. The summed E-state index contributed by atoms with van der Waals surface area (Å²) in [5.41, 5.74) is -0.303. The van der Waals surface area contributed by atoms with Crippen molar-refractivity contribution >= 4 is 11.9 Å². The summed E-state index contributed by atoms with van der Waals surface area (Å²) in [6.45, 7) is 4.28. The van der Waals surface area contributed by atoms with E-state index >= 15 is 0 Å². The number of carbonyl (C=O) groups excluding carboxylic acids is 1. The van der Waals surface area contributed by atoms with Crippen LogP contribution in [0.15, 0.2) is 12.3 Å². The molecule has 0 radical (unpaired) electrons. The highest BCUT2D eigenvalue weighted by molar-refractivity contribution is 5.91. The molecule has 0 bridgehead atoms. The third kappa shape index (κ3) is 8.64. The van der Waals surface area contributed by atoms with Crippen molar-refractivity contribution in [1.82, 2.24) is 5.32 Å². The number of carboxylic acids is 1. The Bertz CT molecular complexity index is 164. The first-order valence-corrected chi connectivity index (χ1v) is 2.68. The Morgan fingerprint density at radius 2 is 1.73 bits per heavy atom. The molecule has 0 aliphatic heterocycles. The number of aliphatic hydroxyl groups is 1. The molecule has 0 spiro atoms. The Morgan fingerprint density at radius 3 is 1.82 bits per heavy atom. The third-order valence-corrected chi connectivity index (χ3v) is 0.585. The maximum absolute atomic E-state index is 10.1. The van der Waals surface area contributed by atoms with Gasteiger partial charge in [-0.3, -0.25) is 4.79 Å². The van der Waals surface area contributed by atoms with Crippen LogP contribution in [0.4, 0.5) is 0 Å². The van der Waals surface area contributed by atoms with Crippen molar-refractivity contribution < 1.29 is 19.8 Å². The Hall–Kier alpha value is -1.36. The van der Waals surface area contributed by atoms with Crippen molar-refractivity contribution in [2.45, 2.75) is 6.92 Å². The lowest BCUT2D eigenvalue weighted by Gasteiger charge is -1.96. The number of hydrogen-bond donors (Lipinski definition) is 3. The van der Waals surface area contributed by atoms with E-state index in [0.29, 0.717) is 0 Å². The molecule has 0 saturated heterocycles. The van der Waals surface area contributed by atoms with Gasteiger partial charge in [0.1, 0.15) is 5.70 Å². The van der Waals surface area contributed by atoms with Gasteiger partial charge in [0, 0.05) is 14.0 Å². The number of amides is 1. The zero-order valence-corrected chi connectivity index (χ0v) is 6.42. The first kappa shape index (κ1) is 12.3. The summed E-state index contributed by atoms with van der Waals surface area (Å²) in [4.78, 5) is 20.0. The second-order valence-corrected chi connectivity index (χ2v) is 1.46. The molecular weight excluding hydrogens is 150 g/mol. The lowest BCUT2D eigenvalue weighted by molar-refractivity contribution is -0.134. The Kier molecular flexibility index (Phi) is 7.57. The molecule has 0 unspecified atom stereocenters. The van der Waals surface area contributed by atoms with Crippen LogP contribution in [0.1, 0.15) is 6.92 Å². The minimum absolute atomic E-state index is 0.303. The van der Waals surface area contributed by atoms with E-state index in [0.717, 1.165) is 7.11 Å². The molecule has 3 N–H and O–H groups in total. The van der Waals surface area contributed by atoms with E-state index in [2.05, 4.69) is 6.58 Å². The number of nitrogens with one attached hydrogen (secondary N) is 1. The Morgan fingerprint density at radius 1 is 1.36 bits per heavy atom. The van der Waals surface area contributed by atoms with Crippen molar-refractivity contribution in [2.75, 3.05) is 7.11 Å². The van der Waals surface area contributed by atoms with Gasteiger partial charge in [-0.2, -0.15) is 0 Å². The molecule has 64 valence electrons. The first-order valence-electron chi connectivity index (χ1n) is 2.68. The quantitative estimate of drug-likeness (QED) is 0.469. The Balaban J connectivity index is 0. The van der Waals surface area contributed by atoms with Crippen LogP contribution in [0.2, 0.25) is 0 Å². The predicted molar refractivity (Wildman–Crippen MR) is 38.7 cm³/mol. The smallest absolute Gasteiger partial charge is 0.351 e. The highest BCUT2D eigenvalue weighted by atomic mass is 16.4. The van der Waals surface area contributed by atoms with E-state index < -0.39 is 11.9 Å². The molecule has 0 rings (SSSR count). The highest BCUT2D eigenvalue weighted by Crippen LogP contribution is 1.80. The zero-order valence-electron chi connectivity index (χ0n) is 6.42. The maximum atomic E-state index is 10.1. The van der Waals surface area contributed by atoms with Crippen molar-refractivity contribution in [3.05, 3.63) is 12.3 Å². The van der Waals surface area contributed by atoms with Gasteiger partial charge < -0.3 is 15.5 Å². The van der Waals surface area contributed by atoms with Gasteiger partial charge in [-0.1, -0.05) is 6.58 Å². The lowest BCUT2D eigenvalue weighted by Crippen LogP contribution is -2.23. The average molecular weight is 161 g/mol. The summed E-state index contributed by atoms with van der Waals surface area (Å²) < 4.78 is 0. The largest absolute Gasteiger partial charge is 0.477 e. The standard InChI is InChI=1S/C5H7NO3.CH4O/c1-3(5(8)9)6-4(2)7;1-2/h1H2,2H3,(H,6,7)(H,8,9);2H,1H3. The summed E-state index contributed by atoms with van der Waals surface area (Å²) in [6, 6.07) is 0. The number of hydrogen-bond acceptors (Lipinski definition) is 3. The summed E-state index contributed by atoms with van der Waals surface area (Å²) in [7, 11) is 1.00. The van der Waals surface area contributed by atoms with Crippen LogP contribution < -0.4 is 5.32 Å². The van der Waals surface area contributed by atoms with Crippen molar-refractivity contribution in [3.8, 4) is 0 Å². The molecule has 0 saturated carbocycles. The molecule has 0 aromatic heterocycles. The SMILES string of the molecule is C=C(NC(C)=O)C(=O)O.CO. The number of aliphatic carboxylic acids is 1. The van der Waals surface area contributed by atoms with Crippen LogP contribution in [0.3, 0.4) is 0 Å². The average Bonchev–Trinajstić information content (AvgIpc) is 1.90. The second kappa shape index (κ2) is 6.76. The number of aliphatic hydroxyl groups excluding tert-OH is 1. The number of carboxylic acid groups (broad SMARTS) is 1. The fourth-order valence-corrected chi connectivity index (χ4v) is 0.266. The fourth-order valence-electron chi connectivity index (χ4n) is 0.266. The van der Waals surface area contributed by atoms with Crippen molar-refractivity contribution in [2.24, 2.45) is 0 Å². The molecule has 0 atom stereocenters. The van der Waals surface area contributed by atoms with Gasteiger partial charge >= 0.3 is 5.97 Å². The first-order chi connectivity index (χ1) is 5.04. The predicted octanol–water partition coefficient (Wildman–Crippen LogP) is -0.671. The normalized spacial score (nSPS) is 7.18. The van der Waals surface area contributed by atoms with Crippen LogP contribution in [0.5, 0.6) is 0 Å². The fraction of sp³-hybridized carbons (Fsp3) is 0.333. The van der Waals surface area contributed by atoms with Gasteiger partial charge in [-0.15, -0.1) is 0 Å². The number of rotatable bonds is 2. The van der Waals surface area contributed by atoms with Crippen molar-refractivity contribution in [3.63, 3.8) is 0 Å². The Labute approximate surface area is 64.3 Å². The second-order valence-electron chi connectivity index (χ2n) is 1.46. The summed E-state index contributed by atoms with van der Waals surface area (Å²) in [5.74, 6) is -1.65. The van der Waals surface area contributed by atoms with E-state index in [1.165, 1.54) is 6.92 Å². The maximum Gasteiger partial charge on any atom is 0.351 e. The summed E-state index contributed by atoms with van der Waals surface area (Å²) >= 11 is 0.